The number of aryl methyl sites for hydroxylation is 1. The molecular weight excluding hydrogens is 350 g/mol. The van der Waals surface area contributed by atoms with Crippen LogP contribution in [-0.2, 0) is 12.5 Å². The first-order chi connectivity index (χ1) is 13.6. The van der Waals surface area contributed by atoms with E-state index < -0.39 is 0 Å². The maximum absolute atomic E-state index is 4.67. The summed E-state index contributed by atoms with van der Waals surface area (Å²) in [6, 6.07) is 8.69. The van der Waals surface area contributed by atoms with Crippen LogP contribution in [0.15, 0.2) is 49.2 Å². The van der Waals surface area contributed by atoms with E-state index in [1.165, 1.54) is 18.4 Å². The summed E-state index contributed by atoms with van der Waals surface area (Å²) in [6.07, 6.45) is 10.4. The molecule has 4 aromatic rings. The van der Waals surface area contributed by atoms with Crippen molar-refractivity contribution in [2.75, 3.05) is 23.8 Å². The number of aromatic amines is 1. The lowest BCUT2D eigenvalue weighted by Gasteiger charge is -2.16. The molecule has 0 radical (unpaired) electrons. The molecule has 0 bridgehead atoms. The lowest BCUT2D eigenvalue weighted by atomic mass is 10.0. The third-order valence-electron chi connectivity index (χ3n) is 6.22. The molecule has 0 unspecified atom stereocenters. The Morgan fingerprint density at radius 3 is 2.86 bits per heavy atom. The van der Waals surface area contributed by atoms with Crippen LogP contribution in [0.5, 0.6) is 0 Å². The van der Waals surface area contributed by atoms with Gasteiger partial charge in [0.25, 0.3) is 0 Å². The zero-order valence-electron chi connectivity index (χ0n) is 16.0. The first kappa shape index (κ1) is 15.7. The molecule has 140 valence electrons. The fourth-order valence-electron chi connectivity index (χ4n) is 4.26. The predicted octanol–water partition coefficient (Wildman–Crippen LogP) is 2.80. The smallest absolute Gasteiger partial charge is 0.218 e. The molecule has 1 saturated carbocycles. The SMILES string of the molecule is CN(c1ccc2c(c1)ncn2-c1cnc2c(c1)C1(CC1)CN2)c1c[nH][n+](C)c1. The van der Waals surface area contributed by atoms with E-state index in [-0.39, 0.29) is 0 Å². The maximum atomic E-state index is 4.67. The number of pyridine rings is 1. The second-order valence-corrected chi connectivity index (χ2v) is 8.01. The average Bonchev–Trinajstić information content (AvgIpc) is 3.02. The number of fused-ring (bicyclic) bond motifs is 3. The minimum absolute atomic E-state index is 0.331. The number of hydrogen-bond donors (Lipinski definition) is 2. The summed E-state index contributed by atoms with van der Waals surface area (Å²) in [5, 5.41) is 6.61. The number of hydrogen-bond acceptors (Lipinski definition) is 4. The van der Waals surface area contributed by atoms with Gasteiger partial charge >= 0.3 is 0 Å². The molecule has 2 aliphatic rings. The van der Waals surface area contributed by atoms with Crippen LogP contribution in [0.2, 0.25) is 0 Å². The molecule has 1 spiro atoms. The highest BCUT2D eigenvalue weighted by molar-refractivity contribution is 5.83. The highest BCUT2D eigenvalue weighted by Crippen LogP contribution is 2.54. The molecule has 6 rings (SSSR count). The van der Waals surface area contributed by atoms with E-state index in [2.05, 4.69) is 67.4 Å². The second kappa shape index (κ2) is 5.34. The molecule has 7 nitrogen and oxygen atoms in total. The number of nitrogens with one attached hydrogen (secondary N) is 2. The van der Waals surface area contributed by atoms with Gasteiger partial charge in [0, 0.05) is 30.3 Å². The van der Waals surface area contributed by atoms with Crippen LogP contribution < -0.4 is 14.9 Å². The highest BCUT2D eigenvalue weighted by atomic mass is 15.3. The van der Waals surface area contributed by atoms with Crippen molar-refractivity contribution in [3.05, 3.63) is 54.7 Å². The summed E-state index contributed by atoms with van der Waals surface area (Å²) >= 11 is 0. The molecule has 0 amide bonds. The molecule has 1 aliphatic heterocycles. The lowest BCUT2D eigenvalue weighted by molar-refractivity contribution is -0.726. The summed E-state index contributed by atoms with van der Waals surface area (Å²) in [6.45, 7) is 1.02. The fourth-order valence-corrected chi connectivity index (χ4v) is 4.26. The van der Waals surface area contributed by atoms with Gasteiger partial charge in [-0.3, -0.25) is 4.57 Å². The maximum Gasteiger partial charge on any atom is 0.218 e. The number of imidazole rings is 1. The Kier molecular flexibility index (Phi) is 2.99. The number of anilines is 3. The van der Waals surface area contributed by atoms with E-state index >= 15 is 0 Å². The molecule has 3 aromatic heterocycles. The van der Waals surface area contributed by atoms with Crippen LogP contribution in [-0.4, -0.2) is 33.2 Å². The number of H-pyrrole nitrogens is 1. The van der Waals surface area contributed by atoms with Crippen LogP contribution in [0.25, 0.3) is 16.7 Å². The molecular formula is C21H22N7+. The highest BCUT2D eigenvalue weighted by Gasteiger charge is 2.49. The van der Waals surface area contributed by atoms with Crippen LogP contribution >= 0.6 is 0 Å². The fraction of sp³-hybridized carbons (Fsp3) is 0.286. The Bertz CT molecular complexity index is 1210. The Morgan fingerprint density at radius 1 is 1.18 bits per heavy atom. The number of nitrogens with zero attached hydrogens (tertiary/aromatic N) is 5. The van der Waals surface area contributed by atoms with Gasteiger partial charge in [0.2, 0.25) is 6.20 Å². The Morgan fingerprint density at radius 2 is 2.07 bits per heavy atom. The third-order valence-corrected chi connectivity index (χ3v) is 6.22. The van der Waals surface area contributed by atoms with E-state index in [9.17, 15) is 0 Å². The molecule has 1 aromatic carbocycles. The predicted molar refractivity (Wildman–Crippen MR) is 108 cm³/mol. The van der Waals surface area contributed by atoms with E-state index in [4.69, 9.17) is 0 Å². The van der Waals surface area contributed by atoms with Gasteiger partial charge in [-0.2, -0.15) is 5.10 Å². The van der Waals surface area contributed by atoms with Crippen molar-refractivity contribution in [1.82, 2.24) is 19.6 Å². The van der Waals surface area contributed by atoms with Crippen molar-refractivity contribution in [2.45, 2.75) is 18.3 Å². The molecule has 4 heterocycles. The quantitative estimate of drug-likeness (QED) is 0.543. The van der Waals surface area contributed by atoms with E-state index in [1.807, 2.05) is 30.5 Å². The lowest BCUT2D eigenvalue weighted by Crippen LogP contribution is -2.28. The molecule has 2 N–H and O–H groups in total. The molecule has 1 fully saturated rings. The normalized spacial score (nSPS) is 16.4. The summed E-state index contributed by atoms with van der Waals surface area (Å²) in [7, 11) is 4.04. The second-order valence-electron chi connectivity index (χ2n) is 8.01. The van der Waals surface area contributed by atoms with Gasteiger partial charge in [-0.25, -0.2) is 9.97 Å². The van der Waals surface area contributed by atoms with Crippen LogP contribution in [0.3, 0.4) is 0 Å². The summed E-state index contributed by atoms with van der Waals surface area (Å²) in [4.78, 5) is 11.5. The minimum Gasteiger partial charge on any atom is -0.369 e. The summed E-state index contributed by atoms with van der Waals surface area (Å²) < 4.78 is 4.07. The first-order valence-corrected chi connectivity index (χ1v) is 9.63. The van der Waals surface area contributed by atoms with E-state index in [1.54, 1.807) is 0 Å². The van der Waals surface area contributed by atoms with Crippen LogP contribution in [0, 0.1) is 0 Å². The first-order valence-electron chi connectivity index (χ1n) is 9.63. The molecule has 7 heteroatoms. The van der Waals surface area contributed by atoms with Crippen molar-refractivity contribution in [3.8, 4) is 5.69 Å². The monoisotopic (exact) mass is 372 g/mol. The summed E-state index contributed by atoms with van der Waals surface area (Å²) in [5.41, 5.74) is 7.05. The van der Waals surface area contributed by atoms with Gasteiger partial charge in [0.15, 0.2) is 7.05 Å². The molecule has 28 heavy (non-hydrogen) atoms. The van der Waals surface area contributed by atoms with E-state index in [0.29, 0.717) is 5.41 Å². The standard InChI is InChI=1S/C21H21N7/c1-26-11-16(10-25-26)27(2)14-3-4-19-18(8-14)24-13-28(19)15-7-17-20(22-9-15)23-12-21(17)5-6-21/h3-4,7-11,13H,5-6,12H2,1-2H3,(H,22,23)/p+1. The van der Waals surface area contributed by atoms with Crippen LogP contribution in [0.4, 0.5) is 17.2 Å². The average molecular weight is 372 g/mol. The largest absolute Gasteiger partial charge is 0.369 e. The summed E-state index contributed by atoms with van der Waals surface area (Å²) in [5.74, 6) is 1.05. The van der Waals surface area contributed by atoms with Crippen molar-refractivity contribution in [2.24, 2.45) is 7.05 Å². The zero-order chi connectivity index (χ0) is 18.9. The Hall–Kier alpha value is -3.35. The van der Waals surface area contributed by atoms with Crippen molar-refractivity contribution >= 4 is 28.2 Å². The van der Waals surface area contributed by atoms with Crippen molar-refractivity contribution < 1.29 is 4.68 Å². The molecule has 0 saturated heterocycles. The van der Waals surface area contributed by atoms with Gasteiger partial charge in [0.1, 0.15) is 17.8 Å². The Labute approximate surface area is 162 Å². The number of aromatic nitrogens is 5. The Balaban J connectivity index is 1.40. The van der Waals surface area contributed by atoms with E-state index in [0.717, 1.165) is 40.5 Å². The molecule has 1 aliphatic carbocycles. The van der Waals surface area contributed by atoms with Crippen molar-refractivity contribution in [3.63, 3.8) is 0 Å². The molecule has 0 atom stereocenters. The van der Waals surface area contributed by atoms with Gasteiger partial charge in [0.05, 0.1) is 29.1 Å². The van der Waals surface area contributed by atoms with Crippen molar-refractivity contribution in [1.29, 1.82) is 0 Å². The topological polar surface area (TPSA) is 65.7 Å². The van der Waals surface area contributed by atoms with Gasteiger partial charge in [-0.05, 0) is 37.1 Å². The number of rotatable bonds is 3. The van der Waals surface area contributed by atoms with Gasteiger partial charge in [-0.1, -0.05) is 0 Å². The van der Waals surface area contributed by atoms with Gasteiger partial charge < -0.3 is 10.2 Å². The number of benzene rings is 1. The minimum atomic E-state index is 0.331. The zero-order valence-corrected chi connectivity index (χ0v) is 16.0. The van der Waals surface area contributed by atoms with Crippen LogP contribution in [0.1, 0.15) is 18.4 Å². The third kappa shape index (κ3) is 2.19. The van der Waals surface area contributed by atoms with Gasteiger partial charge in [-0.15, -0.1) is 4.68 Å².